The molecule has 6 heteroatoms. The van der Waals surface area contributed by atoms with Crippen LogP contribution in [0.2, 0.25) is 0 Å². The first-order valence-corrected chi connectivity index (χ1v) is 7.76. The van der Waals surface area contributed by atoms with E-state index in [4.69, 9.17) is 0 Å². The van der Waals surface area contributed by atoms with Gasteiger partial charge in [0.2, 0.25) is 11.8 Å². The van der Waals surface area contributed by atoms with E-state index in [1.165, 1.54) is 24.3 Å². The highest BCUT2D eigenvalue weighted by molar-refractivity contribution is 5.89. The molecule has 23 heavy (non-hydrogen) atoms. The van der Waals surface area contributed by atoms with E-state index in [0.717, 1.165) is 0 Å². The molecule has 1 heterocycles. The molecule has 0 bridgehead atoms. The molecule has 1 saturated heterocycles. The lowest BCUT2D eigenvalue weighted by molar-refractivity contribution is -0.130. The van der Waals surface area contributed by atoms with Gasteiger partial charge in [-0.15, -0.1) is 0 Å². The van der Waals surface area contributed by atoms with E-state index in [-0.39, 0.29) is 36.6 Å². The molecule has 1 fully saturated rings. The summed E-state index contributed by atoms with van der Waals surface area (Å²) in [5, 5.41) is 13.1. The number of nitrogens with one attached hydrogen (secondary N) is 1. The second-order valence-corrected chi connectivity index (χ2v) is 6.54. The van der Waals surface area contributed by atoms with Crippen LogP contribution < -0.4 is 5.32 Å². The molecule has 2 N–H and O–H groups in total. The quantitative estimate of drug-likeness (QED) is 0.861. The van der Waals surface area contributed by atoms with Gasteiger partial charge in [-0.25, -0.2) is 4.39 Å². The summed E-state index contributed by atoms with van der Waals surface area (Å²) in [6.45, 7) is 5.79. The monoisotopic (exact) mass is 322 g/mol. The van der Waals surface area contributed by atoms with Crippen molar-refractivity contribution < 1.29 is 19.1 Å². The second-order valence-electron chi connectivity index (χ2n) is 6.54. The Morgan fingerprint density at radius 3 is 2.57 bits per heavy atom. The van der Waals surface area contributed by atoms with Gasteiger partial charge in [-0.05, 0) is 38.5 Å². The van der Waals surface area contributed by atoms with Crippen molar-refractivity contribution >= 4 is 11.8 Å². The minimum Gasteiger partial charge on any atom is -0.384 e. The fraction of sp³-hybridized carbons (Fsp3) is 0.529. The topological polar surface area (TPSA) is 69.6 Å². The van der Waals surface area contributed by atoms with Gasteiger partial charge in [0, 0.05) is 19.0 Å². The number of carbonyl (C=O) groups excluding carboxylic acids is 2. The highest BCUT2D eigenvalue weighted by Gasteiger charge is 2.36. The Labute approximate surface area is 135 Å². The summed E-state index contributed by atoms with van der Waals surface area (Å²) in [6.07, 6.45) is 0.197. The van der Waals surface area contributed by atoms with Crippen molar-refractivity contribution in [1.29, 1.82) is 0 Å². The normalized spacial score (nSPS) is 20.7. The van der Waals surface area contributed by atoms with E-state index in [0.29, 0.717) is 12.1 Å². The van der Waals surface area contributed by atoms with Gasteiger partial charge < -0.3 is 15.3 Å². The van der Waals surface area contributed by atoms with Crippen LogP contribution in [0.3, 0.4) is 0 Å². The van der Waals surface area contributed by atoms with Gasteiger partial charge in [0.15, 0.2) is 0 Å². The molecule has 0 saturated carbocycles. The third-order valence-corrected chi connectivity index (χ3v) is 4.23. The van der Waals surface area contributed by atoms with E-state index < -0.39 is 11.5 Å². The van der Waals surface area contributed by atoms with Gasteiger partial charge in [-0.1, -0.05) is 12.1 Å². The molecule has 1 aromatic rings. The average Bonchev–Trinajstić information content (AvgIpc) is 2.87. The van der Waals surface area contributed by atoms with Crippen molar-refractivity contribution in [2.45, 2.75) is 38.8 Å². The maximum Gasteiger partial charge on any atom is 0.225 e. The van der Waals surface area contributed by atoms with Gasteiger partial charge in [0.25, 0.3) is 0 Å². The number of hydrogen-bond donors (Lipinski definition) is 2. The summed E-state index contributed by atoms with van der Waals surface area (Å²) in [5.41, 5.74) is -0.783. The Bertz CT molecular complexity index is 584. The van der Waals surface area contributed by atoms with Crippen LogP contribution in [-0.2, 0) is 15.2 Å². The molecule has 0 aliphatic carbocycles. The smallest absolute Gasteiger partial charge is 0.225 e. The first-order chi connectivity index (χ1) is 10.7. The van der Waals surface area contributed by atoms with Crippen molar-refractivity contribution in [3.05, 3.63) is 35.6 Å². The summed E-state index contributed by atoms with van der Waals surface area (Å²) in [4.78, 5) is 25.8. The number of benzene rings is 1. The Hall–Kier alpha value is -1.95. The Kier molecular flexibility index (Phi) is 5.04. The van der Waals surface area contributed by atoms with Crippen LogP contribution in [0.15, 0.2) is 24.3 Å². The van der Waals surface area contributed by atoms with Crippen LogP contribution in [0.4, 0.5) is 4.39 Å². The third kappa shape index (κ3) is 4.07. The Balaban J connectivity index is 1.94. The summed E-state index contributed by atoms with van der Waals surface area (Å²) >= 11 is 0. The van der Waals surface area contributed by atoms with E-state index in [1.807, 2.05) is 13.8 Å². The second kappa shape index (κ2) is 6.66. The summed E-state index contributed by atoms with van der Waals surface area (Å²) in [5.74, 6) is -1.05. The minimum absolute atomic E-state index is 0.00380. The summed E-state index contributed by atoms with van der Waals surface area (Å²) < 4.78 is 12.9. The maximum atomic E-state index is 12.9. The molecule has 0 aromatic heterocycles. The largest absolute Gasteiger partial charge is 0.384 e. The van der Waals surface area contributed by atoms with E-state index in [2.05, 4.69) is 5.32 Å². The number of likely N-dealkylation sites (tertiary alicyclic amines) is 1. The van der Waals surface area contributed by atoms with Crippen LogP contribution >= 0.6 is 0 Å². The van der Waals surface area contributed by atoms with Gasteiger partial charge in [0.1, 0.15) is 11.4 Å². The molecule has 2 rings (SSSR count). The molecule has 1 aromatic carbocycles. The molecular weight excluding hydrogens is 299 g/mol. The lowest BCUT2D eigenvalue weighted by atomic mass is 9.95. The van der Waals surface area contributed by atoms with Gasteiger partial charge in [0.05, 0.1) is 12.5 Å². The van der Waals surface area contributed by atoms with E-state index in [1.54, 1.807) is 11.8 Å². The number of halogens is 1. The Morgan fingerprint density at radius 2 is 2.04 bits per heavy atom. The molecule has 5 nitrogen and oxygen atoms in total. The molecule has 2 atom stereocenters. The molecule has 1 aliphatic rings. The number of nitrogens with zero attached hydrogens (tertiary/aromatic N) is 1. The molecular formula is C17H23FN2O3. The zero-order valence-electron chi connectivity index (χ0n) is 13.7. The van der Waals surface area contributed by atoms with Crippen molar-refractivity contribution in [3.63, 3.8) is 0 Å². The van der Waals surface area contributed by atoms with Crippen LogP contribution in [0.25, 0.3) is 0 Å². The van der Waals surface area contributed by atoms with Crippen molar-refractivity contribution in [3.8, 4) is 0 Å². The first-order valence-electron chi connectivity index (χ1n) is 7.76. The minimum atomic E-state index is -1.30. The molecule has 2 unspecified atom stereocenters. The molecule has 1 aliphatic heterocycles. The summed E-state index contributed by atoms with van der Waals surface area (Å²) in [6, 6.07) is 5.58. The van der Waals surface area contributed by atoms with Crippen LogP contribution in [0.1, 0.15) is 32.8 Å². The number of aliphatic hydroxyl groups is 1. The van der Waals surface area contributed by atoms with E-state index in [9.17, 15) is 19.1 Å². The lowest BCUT2D eigenvalue weighted by Gasteiger charge is -2.25. The molecule has 0 radical (unpaired) electrons. The number of rotatable bonds is 5. The Morgan fingerprint density at radius 1 is 1.43 bits per heavy atom. The number of hydrogen-bond acceptors (Lipinski definition) is 3. The van der Waals surface area contributed by atoms with Gasteiger partial charge >= 0.3 is 0 Å². The average molecular weight is 322 g/mol. The van der Waals surface area contributed by atoms with Crippen molar-refractivity contribution in [2.75, 3.05) is 13.1 Å². The van der Waals surface area contributed by atoms with Crippen LogP contribution in [0.5, 0.6) is 0 Å². The standard InChI is InChI=1S/C17H23FN2O3/c1-11(2)20-9-12(8-15(20)21)16(22)19-10-17(3,23)13-4-6-14(18)7-5-13/h4-7,11-12,23H,8-10H2,1-3H3,(H,19,22). The third-order valence-electron chi connectivity index (χ3n) is 4.23. The molecule has 2 amide bonds. The lowest BCUT2D eigenvalue weighted by Crippen LogP contribution is -2.42. The zero-order valence-corrected chi connectivity index (χ0v) is 13.7. The van der Waals surface area contributed by atoms with Gasteiger partial charge in [-0.2, -0.15) is 0 Å². The maximum absolute atomic E-state index is 12.9. The molecule has 0 spiro atoms. The van der Waals surface area contributed by atoms with E-state index >= 15 is 0 Å². The van der Waals surface area contributed by atoms with Crippen LogP contribution in [0, 0.1) is 11.7 Å². The fourth-order valence-electron chi connectivity index (χ4n) is 2.72. The first kappa shape index (κ1) is 17.4. The highest BCUT2D eigenvalue weighted by Crippen LogP contribution is 2.22. The van der Waals surface area contributed by atoms with Crippen LogP contribution in [-0.4, -0.2) is 41.0 Å². The molecule has 126 valence electrons. The SMILES string of the molecule is CC(C)N1CC(C(=O)NCC(C)(O)c2ccc(F)cc2)CC1=O. The predicted octanol–water partition coefficient (Wildman–Crippen LogP) is 1.41. The van der Waals surface area contributed by atoms with Crippen molar-refractivity contribution in [1.82, 2.24) is 10.2 Å². The highest BCUT2D eigenvalue weighted by atomic mass is 19.1. The fourth-order valence-corrected chi connectivity index (χ4v) is 2.72. The number of amides is 2. The zero-order chi connectivity index (χ0) is 17.2. The van der Waals surface area contributed by atoms with Gasteiger partial charge in [-0.3, -0.25) is 9.59 Å². The predicted molar refractivity (Wildman–Crippen MR) is 83.9 cm³/mol. The van der Waals surface area contributed by atoms with Crippen molar-refractivity contribution in [2.24, 2.45) is 5.92 Å². The summed E-state index contributed by atoms with van der Waals surface area (Å²) in [7, 11) is 0. The number of carbonyl (C=O) groups is 2.